The van der Waals surface area contributed by atoms with Gasteiger partial charge in [0.2, 0.25) is 0 Å². The molecule has 1 aromatic heterocycles. The lowest BCUT2D eigenvalue weighted by molar-refractivity contribution is -0.137. The molecule has 1 saturated heterocycles. The molecule has 2 N–H and O–H groups in total. The minimum absolute atomic E-state index is 0.00506. The number of alkyl halides is 3. The molecule has 0 atom stereocenters. The van der Waals surface area contributed by atoms with Gasteiger partial charge < -0.3 is 15.3 Å². The summed E-state index contributed by atoms with van der Waals surface area (Å²) in [7, 11) is 0. The predicted molar refractivity (Wildman–Crippen MR) is 105 cm³/mol. The molecule has 2 heterocycles. The Morgan fingerprint density at radius 1 is 1.28 bits per heavy atom. The van der Waals surface area contributed by atoms with Gasteiger partial charge in [-0.05, 0) is 50.0 Å². The summed E-state index contributed by atoms with van der Waals surface area (Å²) in [5.74, 6) is 0.395. The Morgan fingerprint density at radius 3 is 2.66 bits per heavy atom. The quantitative estimate of drug-likeness (QED) is 0.737. The van der Waals surface area contributed by atoms with Crippen LogP contribution in [-0.2, 0) is 6.18 Å². The van der Waals surface area contributed by atoms with E-state index in [1.807, 2.05) is 0 Å². The van der Waals surface area contributed by atoms with Crippen molar-refractivity contribution in [1.29, 1.82) is 0 Å². The Balaban J connectivity index is 1.70. The number of rotatable bonds is 6. The molecule has 0 spiro atoms. The van der Waals surface area contributed by atoms with Crippen molar-refractivity contribution in [2.45, 2.75) is 19.0 Å². The molecule has 10 heteroatoms. The van der Waals surface area contributed by atoms with E-state index in [-0.39, 0.29) is 17.3 Å². The van der Waals surface area contributed by atoms with Gasteiger partial charge in [-0.15, -0.1) is 0 Å². The van der Waals surface area contributed by atoms with E-state index in [1.54, 1.807) is 0 Å². The van der Waals surface area contributed by atoms with Gasteiger partial charge in [-0.3, -0.25) is 4.79 Å². The predicted octanol–water partition coefficient (Wildman–Crippen LogP) is 3.02. The topological polar surface area (TPSA) is 70.4 Å². The van der Waals surface area contributed by atoms with Gasteiger partial charge in [0.15, 0.2) is 0 Å². The van der Waals surface area contributed by atoms with Crippen molar-refractivity contribution in [1.82, 2.24) is 14.7 Å². The number of likely N-dealkylation sites (tertiary alicyclic amines) is 1. The van der Waals surface area contributed by atoms with Crippen LogP contribution in [0.2, 0.25) is 5.02 Å². The number of nitrogens with one attached hydrogen (secondary N) is 1. The van der Waals surface area contributed by atoms with Crippen molar-refractivity contribution in [2.75, 3.05) is 38.1 Å². The molecule has 0 bridgehead atoms. The van der Waals surface area contributed by atoms with Crippen LogP contribution in [0.5, 0.6) is 0 Å². The first kappa shape index (κ1) is 21.6. The summed E-state index contributed by atoms with van der Waals surface area (Å²) >= 11 is 6.17. The maximum atomic E-state index is 12.9. The number of halogens is 4. The monoisotopic (exact) mass is 430 g/mol. The smallest absolute Gasteiger partial charge is 0.395 e. The molecule has 3 rings (SSSR count). The fraction of sp³-hybridized carbons (Fsp3) is 0.474. The molecule has 1 aliphatic rings. The molecule has 0 saturated carbocycles. The lowest BCUT2D eigenvalue weighted by atomic mass is 9.97. The van der Waals surface area contributed by atoms with Crippen LogP contribution in [0.15, 0.2) is 35.3 Å². The third kappa shape index (κ3) is 5.29. The van der Waals surface area contributed by atoms with Gasteiger partial charge in [-0.2, -0.15) is 23.0 Å². The zero-order valence-electron chi connectivity index (χ0n) is 15.6. The van der Waals surface area contributed by atoms with E-state index in [0.29, 0.717) is 24.7 Å². The largest absolute Gasteiger partial charge is 0.416 e. The van der Waals surface area contributed by atoms with E-state index in [1.165, 1.54) is 18.3 Å². The van der Waals surface area contributed by atoms with Crippen molar-refractivity contribution in [2.24, 2.45) is 5.92 Å². The normalized spacial score (nSPS) is 16.2. The number of β-amino-alcohol motifs (C(OH)–C–C–N with tert-alkyl or cyclic N) is 1. The Labute approximate surface area is 170 Å². The zero-order chi connectivity index (χ0) is 21.0. The molecule has 0 aliphatic carbocycles. The molecule has 0 amide bonds. The highest BCUT2D eigenvalue weighted by molar-refractivity contribution is 6.32. The van der Waals surface area contributed by atoms with Gasteiger partial charge >= 0.3 is 6.18 Å². The summed E-state index contributed by atoms with van der Waals surface area (Å²) in [6, 6.07) is 4.37. The van der Waals surface area contributed by atoms with E-state index < -0.39 is 17.3 Å². The minimum atomic E-state index is -4.52. The fourth-order valence-electron chi connectivity index (χ4n) is 3.36. The second-order valence-electron chi connectivity index (χ2n) is 7.03. The first-order valence-corrected chi connectivity index (χ1v) is 9.70. The number of nitrogens with zero attached hydrogens (tertiary/aromatic N) is 3. The first-order valence-electron chi connectivity index (χ1n) is 9.32. The summed E-state index contributed by atoms with van der Waals surface area (Å²) in [5, 5.41) is 16.0. The van der Waals surface area contributed by atoms with E-state index in [2.05, 4.69) is 15.3 Å². The molecule has 29 heavy (non-hydrogen) atoms. The van der Waals surface area contributed by atoms with Gasteiger partial charge in [0.05, 0.1) is 29.7 Å². The zero-order valence-corrected chi connectivity index (χ0v) is 16.4. The van der Waals surface area contributed by atoms with Crippen LogP contribution in [0.1, 0.15) is 18.4 Å². The van der Waals surface area contributed by atoms with Crippen molar-refractivity contribution in [3.05, 3.63) is 51.4 Å². The Morgan fingerprint density at radius 2 is 2.00 bits per heavy atom. The van der Waals surface area contributed by atoms with Crippen LogP contribution in [0.4, 0.5) is 18.9 Å². The highest BCUT2D eigenvalue weighted by Crippen LogP contribution is 2.30. The second-order valence-corrected chi connectivity index (χ2v) is 7.40. The summed E-state index contributed by atoms with van der Waals surface area (Å²) < 4.78 is 39.6. The molecule has 0 unspecified atom stereocenters. The minimum Gasteiger partial charge on any atom is -0.395 e. The number of aliphatic hydroxyl groups is 1. The molecule has 2 aromatic rings. The van der Waals surface area contributed by atoms with Crippen LogP contribution < -0.4 is 10.9 Å². The first-order chi connectivity index (χ1) is 13.8. The fourth-order valence-corrected chi connectivity index (χ4v) is 3.56. The third-order valence-corrected chi connectivity index (χ3v) is 5.41. The molecule has 158 valence electrons. The van der Waals surface area contributed by atoms with Crippen molar-refractivity contribution < 1.29 is 18.3 Å². The van der Waals surface area contributed by atoms with E-state index >= 15 is 0 Å². The number of hydrogen-bond donors (Lipinski definition) is 2. The summed E-state index contributed by atoms with van der Waals surface area (Å²) in [5.41, 5.74) is -1.20. The van der Waals surface area contributed by atoms with Crippen LogP contribution in [0.3, 0.4) is 0 Å². The molecule has 6 nitrogen and oxygen atoms in total. The van der Waals surface area contributed by atoms with E-state index in [0.717, 1.165) is 42.7 Å². The highest BCUT2D eigenvalue weighted by Gasteiger charge is 2.30. The van der Waals surface area contributed by atoms with Gasteiger partial charge in [-0.25, -0.2) is 0 Å². The number of anilines is 1. The van der Waals surface area contributed by atoms with Crippen LogP contribution in [-0.4, -0.2) is 52.6 Å². The number of aliphatic hydroxyl groups excluding tert-OH is 1. The van der Waals surface area contributed by atoms with Gasteiger partial charge in [-0.1, -0.05) is 17.7 Å². The van der Waals surface area contributed by atoms with Crippen LogP contribution in [0, 0.1) is 5.92 Å². The van der Waals surface area contributed by atoms with Crippen molar-refractivity contribution >= 4 is 17.3 Å². The van der Waals surface area contributed by atoms with E-state index in [4.69, 9.17) is 16.7 Å². The summed E-state index contributed by atoms with van der Waals surface area (Å²) in [6.07, 6.45) is -1.25. The van der Waals surface area contributed by atoms with Gasteiger partial charge in [0.25, 0.3) is 5.56 Å². The number of hydrogen-bond acceptors (Lipinski definition) is 5. The Kier molecular flexibility index (Phi) is 6.81. The Hall–Kier alpha value is -2.10. The Bertz CT molecular complexity index is 896. The van der Waals surface area contributed by atoms with Crippen molar-refractivity contribution in [3.8, 4) is 5.69 Å². The summed E-state index contributed by atoms with van der Waals surface area (Å²) in [4.78, 5) is 14.7. The number of benzene rings is 1. The lowest BCUT2D eigenvalue weighted by Crippen LogP contribution is -2.37. The number of piperidine rings is 1. The standard InChI is InChI=1S/C19H22ClF3N4O2/c20-17-16(24-11-13-4-6-26(7-5-13)8-9-28)12-25-27(18(17)29)15-3-1-2-14(10-15)19(21,22)23/h1-3,10,12-13,24,28H,4-9,11H2. The maximum Gasteiger partial charge on any atom is 0.416 e. The molecule has 1 aliphatic heterocycles. The SMILES string of the molecule is O=c1c(Cl)c(NCC2CCN(CCO)CC2)cnn1-c1cccc(C(F)(F)F)c1. The van der Waals surface area contributed by atoms with Crippen LogP contribution >= 0.6 is 11.6 Å². The number of aromatic nitrogens is 2. The molecule has 1 aromatic carbocycles. The molecular weight excluding hydrogens is 409 g/mol. The summed E-state index contributed by atoms with van der Waals surface area (Å²) in [6.45, 7) is 3.23. The maximum absolute atomic E-state index is 12.9. The van der Waals surface area contributed by atoms with Crippen LogP contribution in [0.25, 0.3) is 5.69 Å². The van der Waals surface area contributed by atoms with E-state index in [9.17, 15) is 18.0 Å². The average molecular weight is 431 g/mol. The molecular formula is C19H22ClF3N4O2. The third-order valence-electron chi connectivity index (χ3n) is 5.04. The molecule has 1 fully saturated rings. The lowest BCUT2D eigenvalue weighted by Gasteiger charge is -2.31. The second kappa shape index (κ2) is 9.15. The van der Waals surface area contributed by atoms with Crippen molar-refractivity contribution in [3.63, 3.8) is 0 Å². The highest BCUT2D eigenvalue weighted by atomic mass is 35.5. The van der Waals surface area contributed by atoms with Gasteiger partial charge in [0, 0.05) is 13.1 Å². The average Bonchev–Trinajstić information content (AvgIpc) is 2.70. The molecule has 0 radical (unpaired) electrons. The van der Waals surface area contributed by atoms with Gasteiger partial charge in [0.1, 0.15) is 5.02 Å².